The lowest BCUT2D eigenvalue weighted by Gasteiger charge is -2.23. The molecule has 0 N–H and O–H groups in total. The summed E-state index contributed by atoms with van der Waals surface area (Å²) in [5.41, 5.74) is 4.67. The third kappa shape index (κ3) is 3.32. The van der Waals surface area contributed by atoms with Gasteiger partial charge in [-0.05, 0) is 66.5 Å². The number of halogens is 1. The molecule has 2 rings (SSSR count). The Labute approximate surface area is 127 Å². The molecule has 2 heteroatoms. The standard InChI is InChI=1S/C18H23ClO/c1-4-12(2)10-17-15(6-5-7-18(17)20)16-11-14(19)9-8-13(16)3/h8-9,11-12H,4-7,10H2,1-3H3. The van der Waals surface area contributed by atoms with Crippen LogP contribution in [-0.4, -0.2) is 5.78 Å². The average molecular weight is 291 g/mol. The van der Waals surface area contributed by atoms with Gasteiger partial charge >= 0.3 is 0 Å². The molecule has 1 atom stereocenters. The summed E-state index contributed by atoms with van der Waals surface area (Å²) in [6.07, 6.45) is 4.67. The molecule has 0 fully saturated rings. The molecule has 1 aliphatic carbocycles. The normalized spacial score (nSPS) is 17.5. The summed E-state index contributed by atoms with van der Waals surface area (Å²) in [7, 11) is 0. The molecule has 1 aromatic rings. The van der Waals surface area contributed by atoms with Crippen molar-refractivity contribution in [2.75, 3.05) is 0 Å². The van der Waals surface area contributed by atoms with Crippen LogP contribution >= 0.6 is 11.6 Å². The topological polar surface area (TPSA) is 17.1 Å². The number of hydrogen-bond donors (Lipinski definition) is 0. The molecule has 0 aliphatic heterocycles. The van der Waals surface area contributed by atoms with Crippen LogP contribution in [0.3, 0.4) is 0 Å². The molecule has 0 spiro atoms. The van der Waals surface area contributed by atoms with E-state index in [0.717, 1.165) is 36.3 Å². The Kier molecular flexibility index (Phi) is 5.04. The predicted molar refractivity (Wildman–Crippen MR) is 86.0 cm³/mol. The highest BCUT2D eigenvalue weighted by Crippen LogP contribution is 2.36. The number of Topliss-reactive ketones (excluding diaryl/α,β-unsaturated/α-hetero) is 1. The van der Waals surface area contributed by atoms with Crippen LogP contribution in [0.25, 0.3) is 5.57 Å². The summed E-state index contributed by atoms with van der Waals surface area (Å²) in [4.78, 5) is 12.3. The van der Waals surface area contributed by atoms with E-state index in [1.807, 2.05) is 18.2 Å². The molecule has 1 nitrogen and oxygen atoms in total. The number of carbonyl (C=O) groups excluding carboxylic acids is 1. The molecule has 0 heterocycles. The molecule has 108 valence electrons. The number of aryl methyl sites for hydroxylation is 1. The van der Waals surface area contributed by atoms with Crippen molar-refractivity contribution in [3.8, 4) is 0 Å². The van der Waals surface area contributed by atoms with Crippen LogP contribution in [-0.2, 0) is 4.79 Å². The predicted octanol–water partition coefficient (Wildman–Crippen LogP) is 5.59. The van der Waals surface area contributed by atoms with Crippen LogP contribution in [0.2, 0.25) is 5.02 Å². The molecule has 0 saturated carbocycles. The minimum absolute atomic E-state index is 0.339. The van der Waals surface area contributed by atoms with Gasteiger partial charge in [-0.15, -0.1) is 0 Å². The smallest absolute Gasteiger partial charge is 0.159 e. The zero-order valence-electron chi connectivity index (χ0n) is 12.6. The van der Waals surface area contributed by atoms with E-state index in [4.69, 9.17) is 11.6 Å². The Balaban J connectivity index is 2.49. The van der Waals surface area contributed by atoms with Crippen molar-refractivity contribution in [2.45, 2.75) is 52.9 Å². The summed E-state index contributed by atoms with van der Waals surface area (Å²) in [6.45, 7) is 6.50. The van der Waals surface area contributed by atoms with Crippen molar-refractivity contribution in [1.29, 1.82) is 0 Å². The van der Waals surface area contributed by atoms with Gasteiger partial charge in [-0.3, -0.25) is 4.79 Å². The number of rotatable bonds is 4. The minimum atomic E-state index is 0.339. The first-order valence-electron chi connectivity index (χ1n) is 7.54. The van der Waals surface area contributed by atoms with Crippen LogP contribution in [0, 0.1) is 12.8 Å². The molecule has 0 radical (unpaired) electrons. The summed E-state index contributed by atoms with van der Waals surface area (Å²) in [5.74, 6) is 0.896. The lowest BCUT2D eigenvalue weighted by Crippen LogP contribution is -2.14. The largest absolute Gasteiger partial charge is 0.295 e. The lowest BCUT2D eigenvalue weighted by atomic mass is 9.81. The molecule has 1 aliphatic rings. The van der Waals surface area contributed by atoms with Crippen LogP contribution in [0.5, 0.6) is 0 Å². The number of hydrogen-bond acceptors (Lipinski definition) is 1. The van der Waals surface area contributed by atoms with Gasteiger partial charge < -0.3 is 0 Å². The molecular formula is C18H23ClO. The van der Waals surface area contributed by atoms with Crippen LogP contribution in [0.4, 0.5) is 0 Å². The van der Waals surface area contributed by atoms with Gasteiger partial charge in [0.25, 0.3) is 0 Å². The van der Waals surface area contributed by atoms with Gasteiger partial charge in [0.15, 0.2) is 5.78 Å². The maximum absolute atomic E-state index is 12.3. The van der Waals surface area contributed by atoms with E-state index in [1.165, 1.54) is 16.7 Å². The van der Waals surface area contributed by atoms with Crippen molar-refractivity contribution in [3.05, 3.63) is 39.9 Å². The van der Waals surface area contributed by atoms with Crippen molar-refractivity contribution in [1.82, 2.24) is 0 Å². The second kappa shape index (κ2) is 6.58. The fraction of sp³-hybridized carbons (Fsp3) is 0.500. The number of allylic oxidation sites excluding steroid dienone is 2. The quantitative estimate of drug-likeness (QED) is 0.706. The van der Waals surface area contributed by atoms with Gasteiger partial charge in [0.2, 0.25) is 0 Å². The van der Waals surface area contributed by atoms with Gasteiger partial charge in [-0.2, -0.15) is 0 Å². The highest BCUT2D eigenvalue weighted by atomic mass is 35.5. The third-order valence-electron chi connectivity index (χ3n) is 4.31. The maximum atomic E-state index is 12.3. The molecule has 0 saturated heterocycles. The molecule has 1 unspecified atom stereocenters. The highest BCUT2D eigenvalue weighted by Gasteiger charge is 2.23. The van der Waals surface area contributed by atoms with E-state index < -0.39 is 0 Å². The van der Waals surface area contributed by atoms with Gasteiger partial charge in [0.05, 0.1) is 0 Å². The first-order chi connectivity index (χ1) is 9.52. The van der Waals surface area contributed by atoms with Crippen LogP contribution in [0.1, 0.15) is 57.1 Å². The van der Waals surface area contributed by atoms with Gasteiger partial charge in [-0.1, -0.05) is 37.9 Å². The Morgan fingerprint density at radius 1 is 1.30 bits per heavy atom. The Bertz CT molecular complexity index is 542. The zero-order chi connectivity index (χ0) is 14.7. The lowest BCUT2D eigenvalue weighted by molar-refractivity contribution is -0.116. The summed E-state index contributed by atoms with van der Waals surface area (Å²) >= 11 is 6.15. The maximum Gasteiger partial charge on any atom is 0.159 e. The molecule has 0 amide bonds. The zero-order valence-corrected chi connectivity index (χ0v) is 13.4. The van der Waals surface area contributed by atoms with E-state index in [9.17, 15) is 4.79 Å². The van der Waals surface area contributed by atoms with Crippen molar-refractivity contribution >= 4 is 23.0 Å². The molecule has 0 bridgehead atoms. The van der Waals surface area contributed by atoms with E-state index in [0.29, 0.717) is 18.1 Å². The second-order valence-corrected chi connectivity index (χ2v) is 6.35. The minimum Gasteiger partial charge on any atom is -0.295 e. The fourth-order valence-electron chi connectivity index (χ4n) is 2.84. The van der Waals surface area contributed by atoms with Crippen LogP contribution in [0.15, 0.2) is 23.8 Å². The Morgan fingerprint density at radius 3 is 2.75 bits per heavy atom. The van der Waals surface area contributed by atoms with Crippen LogP contribution < -0.4 is 0 Å². The Morgan fingerprint density at radius 2 is 2.05 bits per heavy atom. The van der Waals surface area contributed by atoms with Gasteiger partial charge in [-0.25, -0.2) is 0 Å². The SMILES string of the molecule is CCC(C)CC1=C(c2cc(Cl)ccc2C)CCCC1=O. The second-order valence-electron chi connectivity index (χ2n) is 5.91. The molecular weight excluding hydrogens is 268 g/mol. The molecule has 0 aromatic heterocycles. The first kappa shape index (κ1) is 15.3. The molecule has 20 heavy (non-hydrogen) atoms. The first-order valence-corrected chi connectivity index (χ1v) is 7.92. The monoisotopic (exact) mass is 290 g/mol. The van der Waals surface area contributed by atoms with E-state index >= 15 is 0 Å². The van der Waals surface area contributed by atoms with Gasteiger partial charge in [0, 0.05) is 11.4 Å². The fourth-order valence-corrected chi connectivity index (χ4v) is 3.01. The number of ketones is 1. The number of carbonyl (C=O) groups is 1. The van der Waals surface area contributed by atoms with Gasteiger partial charge in [0.1, 0.15) is 0 Å². The van der Waals surface area contributed by atoms with Crippen molar-refractivity contribution in [3.63, 3.8) is 0 Å². The molecule has 1 aromatic carbocycles. The van der Waals surface area contributed by atoms with Crippen molar-refractivity contribution < 1.29 is 4.79 Å². The Hall–Kier alpha value is -1.08. The van der Waals surface area contributed by atoms with E-state index in [-0.39, 0.29) is 0 Å². The van der Waals surface area contributed by atoms with E-state index in [2.05, 4.69) is 20.8 Å². The van der Waals surface area contributed by atoms with E-state index in [1.54, 1.807) is 0 Å². The summed E-state index contributed by atoms with van der Waals surface area (Å²) in [5, 5.41) is 0.749. The summed E-state index contributed by atoms with van der Waals surface area (Å²) in [6, 6.07) is 5.98. The highest BCUT2D eigenvalue weighted by molar-refractivity contribution is 6.30. The number of benzene rings is 1. The third-order valence-corrected chi connectivity index (χ3v) is 4.54. The van der Waals surface area contributed by atoms with Crippen molar-refractivity contribution in [2.24, 2.45) is 5.92 Å². The average Bonchev–Trinajstić information content (AvgIpc) is 2.43. The summed E-state index contributed by atoms with van der Waals surface area (Å²) < 4.78 is 0.